The zero-order valence-electron chi connectivity index (χ0n) is 20.2. The van der Waals surface area contributed by atoms with E-state index in [1.807, 2.05) is 18.2 Å². The summed E-state index contributed by atoms with van der Waals surface area (Å²) in [5.41, 5.74) is 1.16. The van der Waals surface area contributed by atoms with Crippen LogP contribution < -0.4 is 17.7 Å². The highest BCUT2D eigenvalue weighted by atomic mass is 35.5. The van der Waals surface area contributed by atoms with Crippen molar-refractivity contribution < 1.29 is 31.2 Å². The number of benzene rings is 1. The maximum atomic E-state index is 13.9. The molecule has 1 aromatic heterocycles. The summed E-state index contributed by atoms with van der Waals surface area (Å²) >= 11 is 0. The Morgan fingerprint density at radius 2 is 1.66 bits per heavy atom. The van der Waals surface area contributed by atoms with Crippen LogP contribution >= 0.6 is 0 Å². The fourth-order valence-corrected chi connectivity index (χ4v) is 6.40. The lowest BCUT2D eigenvalue weighted by atomic mass is 9.74. The molecule has 6 rings (SSSR count). The number of carbonyl (C=O) groups is 2. The molecule has 1 aliphatic carbocycles. The van der Waals surface area contributed by atoms with Gasteiger partial charge < -0.3 is 26.9 Å². The van der Waals surface area contributed by atoms with Gasteiger partial charge in [0.2, 0.25) is 0 Å². The van der Waals surface area contributed by atoms with Gasteiger partial charge >= 0.3 is 5.97 Å². The maximum absolute atomic E-state index is 13.9. The summed E-state index contributed by atoms with van der Waals surface area (Å²) in [5.74, 6) is 0.307. The van der Waals surface area contributed by atoms with E-state index in [-0.39, 0.29) is 30.4 Å². The third-order valence-corrected chi connectivity index (χ3v) is 8.30. The van der Waals surface area contributed by atoms with Crippen LogP contribution in [0.4, 0.5) is 5.69 Å². The molecule has 4 aliphatic rings. The first-order valence-corrected chi connectivity index (χ1v) is 12.8. The first kappa shape index (κ1) is 25.6. The van der Waals surface area contributed by atoms with Gasteiger partial charge in [0.05, 0.1) is 36.6 Å². The molecule has 3 aliphatic heterocycles. The minimum atomic E-state index is -0.542. The predicted octanol–water partition coefficient (Wildman–Crippen LogP) is 0.864. The Bertz CT molecular complexity index is 988. The van der Waals surface area contributed by atoms with E-state index in [9.17, 15) is 9.59 Å². The van der Waals surface area contributed by atoms with Crippen LogP contribution in [0.3, 0.4) is 0 Å². The number of halogens is 1. The number of hydrogen-bond donors (Lipinski definition) is 1. The number of carbonyl (C=O) groups excluding carboxylic acids is 2. The first-order valence-electron chi connectivity index (χ1n) is 12.8. The zero-order chi connectivity index (χ0) is 23.4. The molecule has 8 heteroatoms. The summed E-state index contributed by atoms with van der Waals surface area (Å²) in [6.45, 7) is 3.03. The molecule has 1 saturated carbocycles. The van der Waals surface area contributed by atoms with Gasteiger partial charge in [0, 0.05) is 18.8 Å². The van der Waals surface area contributed by atoms with Gasteiger partial charge in [-0.1, -0.05) is 56.0 Å². The summed E-state index contributed by atoms with van der Waals surface area (Å²) in [5, 5.41) is 2.92. The lowest BCUT2D eigenvalue weighted by Crippen LogP contribution is -3.00. The summed E-state index contributed by atoms with van der Waals surface area (Å²) in [7, 11) is 0. The highest BCUT2D eigenvalue weighted by Gasteiger charge is 2.51. The van der Waals surface area contributed by atoms with Crippen molar-refractivity contribution in [2.24, 2.45) is 5.92 Å². The van der Waals surface area contributed by atoms with Crippen molar-refractivity contribution >= 4 is 17.6 Å². The number of anilines is 1. The number of nitrogens with zero attached hydrogens (tertiary/aromatic N) is 3. The summed E-state index contributed by atoms with van der Waals surface area (Å²) < 4.78 is 7.08. The van der Waals surface area contributed by atoms with E-state index in [1.165, 1.54) is 19.2 Å². The molecule has 35 heavy (non-hydrogen) atoms. The Kier molecular flexibility index (Phi) is 8.07. The Morgan fingerprint density at radius 3 is 2.31 bits per heavy atom. The summed E-state index contributed by atoms with van der Waals surface area (Å²) in [6, 6.07) is 10.2. The number of rotatable bonds is 6. The molecule has 188 valence electrons. The van der Waals surface area contributed by atoms with E-state index >= 15 is 0 Å². The van der Waals surface area contributed by atoms with Gasteiger partial charge in [0.25, 0.3) is 5.91 Å². The Hall–Kier alpha value is -2.51. The minimum Gasteiger partial charge on any atom is -1.00 e. The Labute approximate surface area is 213 Å². The lowest BCUT2D eigenvalue weighted by Gasteiger charge is -2.52. The number of ether oxygens (including phenoxy) is 1. The van der Waals surface area contributed by atoms with E-state index in [1.54, 1.807) is 12.4 Å². The van der Waals surface area contributed by atoms with Crippen molar-refractivity contribution in [2.45, 2.75) is 62.9 Å². The third-order valence-electron chi connectivity index (χ3n) is 8.30. The van der Waals surface area contributed by atoms with Crippen molar-refractivity contribution in [3.63, 3.8) is 0 Å². The molecule has 1 N–H and O–H groups in total. The van der Waals surface area contributed by atoms with Gasteiger partial charge in [-0.05, 0) is 18.4 Å². The maximum Gasteiger partial charge on any atom is 0.317 e. The number of hydrogen-bond acceptors (Lipinski definition) is 5. The fraction of sp³-hybridized carbons (Fsp3) is 0.556. The number of esters is 1. The Morgan fingerprint density at radius 1 is 1.00 bits per heavy atom. The molecule has 2 aromatic rings. The topological polar surface area (TPSA) is 81.2 Å². The van der Waals surface area contributed by atoms with Crippen LogP contribution in [0.25, 0.3) is 0 Å². The van der Waals surface area contributed by atoms with Gasteiger partial charge in [-0.25, -0.2) is 9.97 Å². The number of amides is 1. The van der Waals surface area contributed by atoms with Crippen LogP contribution in [0.15, 0.2) is 49.1 Å². The van der Waals surface area contributed by atoms with Gasteiger partial charge in [-0.15, -0.1) is 0 Å². The van der Waals surface area contributed by atoms with Crippen LogP contribution in [0.2, 0.25) is 0 Å². The normalized spacial score (nSPS) is 27.2. The van der Waals surface area contributed by atoms with E-state index in [0.717, 1.165) is 63.7 Å². The average molecular weight is 499 g/mol. The monoisotopic (exact) mass is 498 g/mol. The van der Waals surface area contributed by atoms with Crippen LogP contribution in [-0.2, 0) is 19.7 Å². The van der Waals surface area contributed by atoms with Crippen molar-refractivity contribution in [1.29, 1.82) is 0 Å². The molecule has 1 unspecified atom stereocenters. The second kappa shape index (κ2) is 11.0. The number of nitrogens with one attached hydrogen (secondary N) is 1. The zero-order valence-corrected chi connectivity index (χ0v) is 21.0. The molecule has 1 atom stereocenters. The van der Waals surface area contributed by atoms with Crippen molar-refractivity contribution in [1.82, 2.24) is 9.97 Å². The second-order valence-corrected chi connectivity index (χ2v) is 10.4. The average Bonchev–Trinajstić information content (AvgIpc) is 3.13. The Balaban J connectivity index is 0.00000289. The van der Waals surface area contributed by atoms with Crippen LogP contribution in [-0.4, -0.2) is 58.6 Å². The van der Waals surface area contributed by atoms with Gasteiger partial charge in [0.1, 0.15) is 12.9 Å². The number of fused-ring (bicyclic) bond motifs is 3. The molecule has 3 saturated heterocycles. The molecular weight excluding hydrogens is 464 g/mol. The molecular formula is C27H35ClN4O3. The molecule has 4 heterocycles. The van der Waals surface area contributed by atoms with E-state index < -0.39 is 5.41 Å². The van der Waals surface area contributed by atoms with Crippen LogP contribution in [0, 0.1) is 5.92 Å². The van der Waals surface area contributed by atoms with E-state index in [4.69, 9.17) is 4.74 Å². The highest BCUT2D eigenvalue weighted by molar-refractivity contribution is 5.91. The second-order valence-electron chi connectivity index (χ2n) is 10.4. The molecule has 1 amide bonds. The fourth-order valence-electron chi connectivity index (χ4n) is 6.40. The third kappa shape index (κ3) is 5.51. The predicted molar refractivity (Wildman–Crippen MR) is 129 cm³/mol. The van der Waals surface area contributed by atoms with Crippen molar-refractivity contribution in [3.8, 4) is 0 Å². The molecule has 4 fully saturated rings. The van der Waals surface area contributed by atoms with E-state index in [0.29, 0.717) is 22.6 Å². The van der Waals surface area contributed by atoms with E-state index in [2.05, 4.69) is 27.4 Å². The van der Waals surface area contributed by atoms with Crippen LogP contribution in [0.5, 0.6) is 0 Å². The largest absolute Gasteiger partial charge is 1.00 e. The highest BCUT2D eigenvalue weighted by Crippen LogP contribution is 2.42. The van der Waals surface area contributed by atoms with Gasteiger partial charge in [-0.2, -0.15) is 0 Å². The number of aromatic nitrogens is 2. The minimum absolute atomic E-state index is 0. The number of quaternary nitrogens is 1. The summed E-state index contributed by atoms with van der Waals surface area (Å²) in [6.07, 6.45) is 12.7. The molecule has 0 radical (unpaired) electrons. The number of piperidine rings is 3. The molecule has 1 aromatic carbocycles. The lowest BCUT2D eigenvalue weighted by molar-refractivity contribution is -0.939. The molecule has 0 spiro atoms. The van der Waals surface area contributed by atoms with Crippen LogP contribution in [0.1, 0.15) is 56.9 Å². The first-order chi connectivity index (χ1) is 16.6. The molecule has 2 bridgehead atoms. The van der Waals surface area contributed by atoms with Crippen molar-refractivity contribution in [3.05, 3.63) is 54.6 Å². The van der Waals surface area contributed by atoms with Gasteiger partial charge in [0.15, 0.2) is 12.6 Å². The van der Waals surface area contributed by atoms with Gasteiger partial charge in [-0.3, -0.25) is 9.59 Å². The van der Waals surface area contributed by atoms with Crippen molar-refractivity contribution in [2.75, 3.05) is 31.5 Å². The summed E-state index contributed by atoms with van der Waals surface area (Å²) in [4.78, 5) is 34.6. The quantitative estimate of drug-likeness (QED) is 0.363. The molecule has 7 nitrogen and oxygen atoms in total. The smallest absolute Gasteiger partial charge is 0.317 e. The standard InChI is InChI=1S/C27H34N4O3.ClH/c32-25(30-23-16-28-20-29-17-23)19-31-14-10-21(11-15-31)24(18-31)34-26(33)27(12-6-1-2-7-13-27)22-8-4-3-5-9-22;/h3-5,8-9,16-17,20-21,24H,1-2,6-7,10-15,18-19H2;1H. The SMILES string of the molecule is O=C(C[N+]12CCC(CC1)C(OC(=O)C1(c3ccccc3)CCCCCC1)C2)Nc1cncnc1.[Cl-].